The molecule has 0 saturated carbocycles. The number of benzene rings is 3. The van der Waals surface area contributed by atoms with Crippen LogP contribution in [0.2, 0.25) is 10.0 Å². The highest BCUT2D eigenvalue weighted by Gasteiger charge is 2.33. The molecule has 4 rings (SSSR count). The number of carbonyl (C=O) groups is 2. The summed E-state index contributed by atoms with van der Waals surface area (Å²) < 4.78 is 6.09. The van der Waals surface area contributed by atoms with Crippen LogP contribution in [0, 0.1) is 0 Å². The van der Waals surface area contributed by atoms with Crippen LogP contribution in [0.15, 0.2) is 77.7 Å². The number of nitrogens with one attached hydrogen (secondary N) is 1. The van der Waals surface area contributed by atoms with Crippen molar-refractivity contribution >= 4 is 69.4 Å². The quantitative estimate of drug-likeness (QED) is 0.317. The van der Waals surface area contributed by atoms with E-state index in [9.17, 15) is 9.59 Å². The summed E-state index contributed by atoms with van der Waals surface area (Å²) in [4.78, 5) is 25.7. The van der Waals surface area contributed by atoms with Gasteiger partial charge in [-0.15, -0.1) is 0 Å². The Kier molecular flexibility index (Phi) is 7.35. The lowest BCUT2D eigenvalue weighted by Gasteiger charge is -2.15. The highest BCUT2D eigenvalue weighted by molar-refractivity contribution is 8.26. The van der Waals surface area contributed by atoms with Gasteiger partial charge in [0.15, 0.2) is 4.32 Å². The van der Waals surface area contributed by atoms with Crippen molar-refractivity contribution in [3.05, 3.63) is 104 Å². The van der Waals surface area contributed by atoms with E-state index in [2.05, 4.69) is 5.43 Å². The van der Waals surface area contributed by atoms with Gasteiger partial charge in [0.2, 0.25) is 0 Å². The maximum Gasteiger partial charge on any atom is 0.285 e. The number of halogens is 2. The molecule has 1 N–H and O–H groups in total. The van der Waals surface area contributed by atoms with E-state index in [1.165, 1.54) is 0 Å². The van der Waals surface area contributed by atoms with Crippen molar-refractivity contribution in [2.75, 3.05) is 0 Å². The zero-order valence-corrected chi connectivity index (χ0v) is 20.1. The third-order valence-corrected chi connectivity index (χ3v) is 6.39. The van der Waals surface area contributed by atoms with Crippen molar-refractivity contribution in [2.45, 2.75) is 6.61 Å². The Hall–Kier alpha value is -2.84. The molecule has 0 spiro atoms. The molecule has 0 bridgehead atoms. The molecule has 1 fully saturated rings. The fourth-order valence-corrected chi connectivity index (χ4v) is 4.36. The molecule has 1 saturated heterocycles. The SMILES string of the molecule is O=C(NN1C(=O)/C(=C\c2cccc(OCc3ccc(Cl)cc3)c2)SC1=S)c1ccc(Cl)cc1. The second kappa shape index (κ2) is 10.4. The van der Waals surface area contributed by atoms with Gasteiger partial charge in [-0.3, -0.25) is 15.0 Å². The minimum atomic E-state index is -0.457. The Labute approximate surface area is 210 Å². The van der Waals surface area contributed by atoms with Crippen molar-refractivity contribution in [3.8, 4) is 5.75 Å². The van der Waals surface area contributed by atoms with Crippen molar-refractivity contribution in [1.29, 1.82) is 0 Å². The molecule has 166 valence electrons. The molecular weight excluding hydrogens is 499 g/mol. The number of hydrogen-bond acceptors (Lipinski definition) is 5. The summed E-state index contributed by atoms with van der Waals surface area (Å²) >= 11 is 18.2. The van der Waals surface area contributed by atoms with Crippen molar-refractivity contribution in [3.63, 3.8) is 0 Å². The fraction of sp³-hybridized carbons (Fsp3) is 0.0417. The summed E-state index contributed by atoms with van der Waals surface area (Å²) in [5, 5.41) is 2.26. The van der Waals surface area contributed by atoms with Crippen LogP contribution in [-0.2, 0) is 11.4 Å². The Morgan fingerprint density at radius 3 is 2.39 bits per heavy atom. The number of thioether (sulfide) groups is 1. The first-order valence-electron chi connectivity index (χ1n) is 9.71. The van der Waals surface area contributed by atoms with Gasteiger partial charge in [-0.25, -0.2) is 0 Å². The summed E-state index contributed by atoms with van der Waals surface area (Å²) in [6.45, 7) is 0.388. The zero-order valence-electron chi connectivity index (χ0n) is 17.0. The lowest BCUT2D eigenvalue weighted by atomic mass is 10.2. The van der Waals surface area contributed by atoms with Gasteiger partial charge in [0, 0.05) is 15.6 Å². The maximum atomic E-state index is 12.8. The predicted octanol–water partition coefficient (Wildman–Crippen LogP) is 6.12. The molecule has 5 nitrogen and oxygen atoms in total. The lowest BCUT2D eigenvalue weighted by molar-refractivity contribution is -0.123. The second-order valence-corrected chi connectivity index (χ2v) is 9.50. The lowest BCUT2D eigenvalue weighted by Crippen LogP contribution is -2.44. The molecule has 0 atom stereocenters. The zero-order chi connectivity index (χ0) is 23.4. The second-order valence-electron chi connectivity index (χ2n) is 6.95. The van der Waals surface area contributed by atoms with Crippen molar-refractivity contribution < 1.29 is 14.3 Å². The van der Waals surface area contributed by atoms with Crippen LogP contribution >= 0.6 is 47.2 Å². The summed E-state index contributed by atoms with van der Waals surface area (Å²) in [5.74, 6) is -0.202. The number of amides is 2. The van der Waals surface area contributed by atoms with Crippen LogP contribution in [0.25, 0.3) is 6.08 Å². The van der Waals surface area contributed by atoms with Crippen LogP contribution < -0.4 is 10.2 Å². The van der Waals surface area contributed by atoms with E-state index in [0.717, 1.165) is 27.9 Å². The molecule has 3 aromatic rings. The van der Waals surface area contributed by atoms with Crippen LogP contribution in [0.5, 0.6) is 5.75 Å². The summed E-state index contributed by atoms with van der Waals surface area (Å²) in [7, 11) is 0. The molecule has 0 aromatic heterocycles. The van der Waals surface area contributed by atoms with E-state index >= 15 is 0 Å². The van der Waals surface area contributed by atoms with Crippen molar-refractivity contribution in [1.82, 2.24) is 10.4 Å². The van der Waals surface area contributed by atoms with Gasteiger partial charge < -0.3 is 4.74 Å². The summed E-state index contributed by atoms with van der Waals surface area (Å²) in [5.41, 5.74) is 4.67. The average molecular weight is 515 g/mol. The minimum Gasteiger partial charge on any atom is -0.489 e. The smallest absolute Gasteiger partial charge is 0.285 e. The monoisotopic (exact) mass is 514 g/mol. The van der Waals surface area contributed by atoms with Gasteiger partial charge in [0.1, 0.15) is 12.4 Å². The number of ether oxygens (including phenoxy) is 1. The summed E-state index contributed by atoms with van der Waals surface area (Å²) in [6.07, 6.45) is 1.71. The fourth-order valence-electron chi connectivity index (χ4n) is 2.92. The van der Waals surface area contributed by atoms with Gasteiger partial charge in [-0.2, -0.15) is 5.01 Å². The Balaban J connectivity index is 1.43. The molecule has 9 heteroatoms. The van der Waals surface area contributed by atoms with E-state index < -0.39 is 11.8 Å². The molecule has 1 heterocycles. The van der Waals surface area contributed by atoms with E-state index in [1.54, 1.807) is 30.3 Å². The van der Waals surface area contributed by atoms with Gasteiger partial charge in [-0.05, 0) is 78.0 Å². The maximum absolute atomic E-state index is 12.8. The van der Waals surface area contributed by atoms with Crippen LogP contribution in [0.3, 0.4) is 0 Å². The van der Waals surface area contributed by atoms with Gasteiger partial charge in [-0.1, -0.05) is 59.2 Å². The molecule has 0 radical (unpaired) electrons. The van der Waals surface area contributed by atoms with Crippen LogP contribution in [0.1, 0.15) is 21.5 Å². The highest BCUT2D eigenvalue weighted by Crippen LogP contribution is 2.32. The molecule has 3 aromatic carbocycles. The topological polar surface area (TPSA) is 58.6 Å². The first-order valence-corrected chi connectivity index (χ1v) is 11.7. The first-order chi connectivity index (χ1) is 15.9. The molecule has 33 heavy (non-hydrogen) atoms. The van der Waals surface area contributed by atoms with E-state index in [-0.39, 0.29) is 4.32 Å². The number of rotatable bonds is 6. The first kappa shape index (κ1) is 23.3. The third kappa shape index (κ3) is 5.94. The van der Waals surface area contributed by atoms with E-state index in [4.69, 9.17) is 40.2 Å². The van der Waals surface area contributed by atoms with Gasteiger partial charge >= 0.3 is 0 Å². The molecule has 0 aliphatic carbocycles. The molecule has 2 amide bonds. The normalized spacial score (nSPS) is 14.6. The van der Waals surface area contributed by atoms with Crippen LogP contribution in [-0.4, -0.2) is 21.1 Å². The Morgan fingerprint density at radius 1 is 1.03 bits per heavy atom. The number of hydrazine groups is 1. The van der Waals surface area contributed by atoms with E-state index in [0.29, 0.717) is 32.9 Å². The number of carbonyl (C=O) groups excluding carboxylic acids is 2. The predicted molar refractivity (Wildman–Crippen MR) is 136 cm³/mol. The van der Waals surface area contributed by atoms with Gasteiger partial charge in [0.25, 0.3) is 11.8 Å². The Morgan fingerprint density at radius 2 is 1.70 bits per heavy atom. The third-order valence-electron chi connectivity index (χ3n) is 4.59. The molecule has 0 unspecified atom stereocenters. The summed E-state index contributed by atoms with van der Waals surface area (Å²) in [6, 6.07) is 21.1. The molecule has 1 aliphatic rings. The number of nitrogens with zero attached hydrogens (tertiary/aromatic N) is 1. The Bertz CT molecular complexity index is 1250. The average Bonchev–Trinajstić information content (AvgIpc) is 3.06. The number of hydrogen-bond donors (Lipinski definition) is 1. The van der Waals surface area contributed by atoms with Crippen molar-refractivity contribution in [2.24, 2.45) is 0 Å². The van der Waals surface area contributed by atoms with Crippen LogP contribution in [0.4, 0.5) is 0 Å². The van der Waals surface area contributed by atoms with Gasteiger partial charge in [0.05, 0.1) is 4.91 Å². The van der Waals surface area contributed by atoms with E-state index in [1.807, 2.05) is 48.5 Å². The standard InChI is InChI=1S/C24H16Cl2N2O3S2/c25-18-8-4-15(5-9-18)14-31-20-3-1-2-16(12-20)13-21-23(30)28(24(32)33-21)27-22(29)17-6-10-19(26)11-7-17/h1-13H,14H2,(H,27,29)/b21-13+. The minimum absolute atomic E-state index is 0.240. The largest absolute Gasteiger partial charge is 0.489 e. The highest BCUT2D eigenvalue weighted by atomic mass is 35.5. The number of thiocarbonyl (C=S) groups is 1. The molecular formula is C24H16Cl2N2O3S2. The molecule has 1 aliphatic heterocycles.